The highest BCUT2D eigenvalue weighted by molar-refractivity contribution is 5.36. The predicted molar refractivity (Wildman–Crippen MR) is 63.6 cm³/mol. The lowest BCUT2D eigenvalue weighted by molar-refractivity contribution is 0.291. The molecule has 1 aromatic rings. The van der Waals surface area contributed by atoms with Gasteiger partial charge in [-0.1, -0.05) is 19.8 Å². The summed E-state index contributed by atoms with van der Waals surface area (Å²) < 4.78 is 5.59. The molecule has 2 rings (SSSR count). The second-order valence-electron chi connectivity index (χ2n) is 4.25. The third kappa shape index (κ3) is 3.68. The van der Waals surface area contributed by atoms with Gasteiger partial charge >= 0.3 is 0 Å². The van der Waals surface area contributed by atoms with Crippen molar-refractivity contribution in [2.24, 2.45) is 5.92 Å². The Bertz CT molecular complexity index is 326. The lowest BCUT2D eigenvalue weighted by Gasteiger charge is -2.07. The Morgan fingerprint density at radius 2 is 2.31 bits per heavy atom. The van der Waals surface area contributed by atoms with Crippen molar-refractivity contribution in [3.63, 3.8) is 0 Å². The average Bonchev–Trinajstić information content (AvgIpc) is 3.11. The van der Waals surface area contributed by atoms with Crippen LogP contribution in [-0.2, 0) is 0 Å². The van der Waals surface area contributed by atoms with E-state index in [1.807, 2.05) is 6.07 Å². The van der Waals surface area contributed by atoms with Crippen LogP contribution >= 0.6 is 0 Å². The SMILES string of the molecule is CCCNc1cc(OCCC2CC2)ncn1. The van der Waals surface area contributed by atoms with Gasteiger partial charge in [0.25, 0.3) is 0 Å². The zero-order valence-electron chi connectivity index (χ0n) is 9.78. The topological polar surface area (TPSA) is 47.0 Å². The number of nitrogens with one attached hydrogen (secondary N) is 1. The summed E-state index contributed by atoms with van der Waals surface area (Å²) in [5.41, 5.74) is 0. The first-order valence-electron chi connectivity index (χ1n) is 6.07. The molecule has 0 aromatic carbocycles. The van der Waals surface area contributed by atoms with E-state index >= 15 is 0 Å². The molecular weight excluding hydrogens is 202 g/mol. The molecule has 1 aliphatic carbocycles. The molecule has 1 N–H and O–H groups in total. The standard InChI is InChI=1S/C12H19N3O/c1-2-6-13-11-8-12(15-9-14-11)16-7-5-10-3-4-10/h8-10H,2-7H2,1H3,(H,13,14,15). The van der Waals surface area contributed by atoms with Crippen LogP contribution in [0, 0.1) is 5.92 Å². The van der Waals surface area contributed by atoms with Crippen molar-refractivity contribution in [3.8, 4) is 5.88 Å². The summed E-state index contributed by atoms with van der Waals surface area (Å²) in [6.07, 6.45) is 6.53. The first-order valence-corrected chi connectivity index (χ1v) is 6.07. The van der Waals surface area contributed by atoms with Gasteiger partial charge in [0.2, 0.25) is 5.88 Å². The molecular formula is C12H19N3O. The molecule has 1 saturated carbocycles. The Morgan fingerprint density at radius 1 is 1.44 bits per heavy atom. The minimum atomic E-state index is 0.675. The summed E-state index contributed by atoms with van der Waals surface area (Å²) in [4.78, 5) is 8.22. The fourth-order valence-electron chi connectivity index (χ4n) is 1.50. The van der Waals surface area contributed by atoms with Gasteiger partial charge in [0.05, 0.1) is 6.61 Å². The highest BCUT2D eigenvalue weighted by atomic mass is 16.5. The van der Waals surface area contributed by atoms with E-state index in [0.29, 0.717) is 5.88 Å². The second kappa shape index (κ2) is 5.68. The highest BCUT2D eigenvalue weighted by Gasteiger charge is 2.20. The third-order valence-corrected chi connectivity index (χ3v) is 2.67. The summed E-state index contributed by atoms with van der Waals surface area (Å²) in [7, 11) is 0. The van der Waals surface area contributed by atoms with E-state index in [2.05, 4.69) is 22.2 Å². The van der Waals surface area contributed by atoms with Gasteiger partial charge in [-0.15, -0.1) is 0 Å². The van der Waals surface area contributed by atoms with Crippen LogP contribution in [0.25, 0.3) is 0 Å². The van der Waals surface area contributed by atoms with Crippen molar-refractivity contribution in [2.45, 2.75) is 32.6 Å². The van der Waals surface area contributed by atoms with Crippen molar-refractivity contribution in [1.82, 2.24) is 9.97 Å². The van der Waals surface area contributed by atoms with E-state index in [4.69, 9.17) is 4.74 Å². The van der Waals surface area contributed by atoms with E-state index in [1.54, 1.807) is 6.33 Å². The van der Waals surface area contributed by atoms with E-state index < -0.39 is 0 Å². The second-order valence-corrected chi connectivity index (χ2v) is 4.25. The minimum absolute atomic E-state index is 0.675. The maximum atomic E-state index is 5.59. The van der Waals surface area contributed by atoms with Crippen LogP contribution in [0.1, 0.15) is 32.6 Å². The fourth-order valence-corrected chi connectivity index (χ4v) is 1.50. The van der Waals surface area contributed by atoms with Gasteiger partial charge in [-0.3, -0.25) is 0 Å². The molecule has 0 unspecified atom stereocenters. The number of ether oxygens (including phenoxy) is 1. The number of hydrogen-bond acceptors (Lipinski definition) is 4. The highest BCUT2D eigenvalue weighted by Crippen LogP contribution is 2.32. The molecule has 1 aromatic heterocycles. The van der Waals surface area contributed by atoms with E-state index in [0.717, 1.165) is 37.7 Å². The summed E-state index contributed by atoms with van der Waals surface area (Å²) in [6, 6.07) is 1.86. The van der Waals surface area contributed by atoms with Gasteiger partial charge in [0.1, 0.15) is 12.1 Å². The number of rotatable bonds is 7. The van der Waals surface area contributed by atoms with Crippen LogP contribution in [0.5, 0.6) is 5.88 Å². The van der Waals surface area contributed by atoms with Crippen LogP contribution in [0.4, 0.5) is 5.82 Å². The van der Waals surface area contributed by atoms with Crippen molar-refractivity contribution in [1.29, 1.82) is 0 Å². The number of aromatic nitrogens is 2. The van der Waals surface area contributed by atoms with Crippen LogP contribution < -0.4 is 10.1 Å². The maximum Gasteiger partial charge on any atom is 0.218 e. The predicted octanol–water partition coefficient (Wildman–Crippen LogP) is 2.48. The van der Waals surface area contributed by atoms with Crippen LogP contribution in [-0.4, -0.2) is 23.1 Å². The minimum Gasteiger partial charge on any atom is -0.478 e. The van der Waals surface area contributed by atoms with Crippen molar-refractivity contribution >= 4 is 5.82 Å². The van der Waals surface area contributed by atoms with Gasteiger partial charge in [-0.2, -0.15) is 0 Å². The van der Waals surface area contributed by atoms with Crippen molar-refractivity contribution in [3.05, 3.63) is 12.4 Å². The molecule has 4 nitrogen and oxygen atoms in total. The van der Waals surface area contributed by atoms with E-state index in [-0.39, 0.29) is 0 Å². The Labute approximate surface area is 96.4 Å². The number of nitrogens with zero attached hydrogens (tertiary/aromatic N) is 2. The van der Waals surface area contributed by atoms with Crippen molar-refractivity contribution in [2.75, 3.05) is 18.5 Å². The fraction of sp³-hybridized carbons (Fsp3) is 0.667. The molecule has 0 spiro atoms. The molecule has 1 fully saturated rings. The van der Waals surface area contributed by atoms with Crippen LogP contribution in [0.15, 0.2) is 12.4 Å². The van der Waals surface area contributed by atoms with Crippen LogP contribution in [0.2, 0.25) is 0 Å². The summed E-state index contributed by atoms with van der Waals surface area (Å²) >= 11 is 0. The maximum absolute atomic E-state index is 5.59. The Hall–Kier alpha value is -1.32. The number of hydrogen-bond donors (Lipinski definition) is 1. The molecule has 0 aliphatic heterocycles. The Balaban J connectivity index is 1.77. The normalized spacial score (nSPS) is 14.8. The van der Waals surface area contributed by atoms with Crippen molar-refractivity contribution < 1.29 is 4.74 Å². The summed E-state index contributed by atoms with van der Waals surface area (Å²) in [5, 5.41) is 3.22. The van der Waals surface area contributed by atoms with Gasteiger partial charge in [-0.25, -0.2) is 9.97 Å². The largest absolute Gasteiger partial charge is 0.478 e. The van der Waals surface area contributed by atoms with Gasteiger partial charge in [-0.05, 0) is 18.8 Å². The lowest BCUT2D eigenvalue weighted by atomic mass is 10.3. The molecule has 0 amide bonds. The summed E-state index contributed by atoms with van der Waals surface area (Å²) in [5.74, 6) is 2.42. The molecule has 4 heteroatoms. The van der Waals surface area contributed by atoms with Crippen LogP contribution in [0.3, 0.4) is 0 Å². The molecule has 16 heavy (non-hydrogen) atoms. The molecule has 1 heterocycles. The summed E-state index contributed by atoms with van der Waals surface area (Å²) in [6.45, 7) is 3.83. The Morgan fingerprint density at radius 3 is 3.06 bits per heavy atom. The van der Waals surface area contributed by atoms with E-state index in [1.165, 1.54) is 12.8 Å². The lowest BCUT2D eigenvalue weighted by Crippen LogP contribution is -2.04. The smallest absolute Gasteiger partial charge is 0.218 e. The molecule has 0 radical (unpaired) electrons. The first kappa shape index (κ1) is 11.2. The zero-order valence-corrected chi connectivity index (χ0v) is 9.78. The first-order chi connectivity index (χ1) is 7.88. The average molecular weight is 221 g/mol. The molecule has 1 aliphatic rings. The Kier molecular flexibility index (Phi) is 3.97. The molecule has 0 saturated heterocycles. The van der Waals surface area contributed by atoms with Gasteiger partial charge < -0.3 is 10.1 Å². The van der Waals surface area contributed by atoms with Gasteiger partial charge in [0.15, 0.2) is 0 Å². The zero-order chi connectivity index (χ0) is 11.2. The number of anilines is 1. The molecule has 0 bridgehead atoms. The quantitative estimate of drug-likeness (QED) is 0.768. The van der Waals surface area contributed by atoms with E-state index in [9.17, 15) is 0 Å². The van der Waals surface area contributed by atoms with Gasteiger partial charge in [0, 0.05) is 12.6 Å². The monoisotopic (exact) mass is 221 g/mol. The third-order valence-electron chi connectivity index (χ3n) is 2.67. The molecule has 0 atom stereocenters. The molecule has 88 valence electrons.